The standard InChI is InChI=1S/C13H17ClO/c1-3-12-13(15-12)8-9(2)10-6-4-5-7-11(10)14/h4-7,9,12-13H,3,8H2,1-2H3. The highest BCUT2D eigenvalue weighted by atomic mass is 35.5. The van der Waals surface area contributed by atoms with Gasteiger partial charge in [-0.1, -0.05) is 43.6 Å². The molecule has 3 atom stereocenters. The monoisotopic (exact) mass is 224 g/mol. The van der Waals surface area contributed by atoms with Crippen molar-refractivity contribution in [3.63, 3.8) is 0 Å². The van der Waals surface area contributed by atoms with Gasteiger partial charge in [-0.25, -0.2) is 0 Å². The molecule has 3 unspecified atom stereocenters. The van der Waals surface area contributed by atoms with Crippen molar-refractivity contribution in [3.8, 4) is 0 Å². The van der Waals surface area contributed by atoms with E-state index in [1.807, 2.05) is 18.2 Å². The molecule has 1 heterocycles. The maximum atomic E-state index is 6.15. The minimum Gasteiger partial charge on any atom is -0.370 e. The molecule has 0 bridgehead atoms. The number of ether oxygens (including phenoxy) is 1. The smallest absolute Gasteiger partial charge is 0.0847 e. The van der Waals surface area contributed by atoms with E-state index >= 15 is 0 Å². The molecule has 0 saturated carbocycles. The molecule has 1 nitrogen and oxygen atoms in total. The number of rotatable bonds is 4. The second-order valence-electron chi connectivity index (χ2n) is 4.28. The first-order chi connectivity index (χ1) is 7.22. The summed E-state index contributed by atoms with van der Waals surface area (Å²) in [6.45, 7) is 4.39. The van der Waals surface area contributed by atoms with E-state index < -0.39 is 0 Å². The lowest BCUT2D eigenvalue weighted by molar-refractivity contribution is 0.353. The van der Waals surface area contributed by atoms with Crippen LogP contribution in [-0.2, 0) is 4.74 Å². The Kier molecular flexibility index (Phi) is 3.32. The second-order valence-corrected chi connectivity index (χ2v) is 4.69. The fraction of sp³-hybridized carbons (Fsp3) is 0.538. The van der Waals surface area contributed by atoms with Gasteiger partial charge in [0.05, 0.1) is 12.2 Å². The fourth-order valence-corrected chi connectivity index (χ4v) is 2.42. The van der Waals surface area contributed by atoms with Crippen molar-refractivity contribution in [2.24, 2.45) is 0 Å². The van der Waals surface area contributed by atoms with Gasteiger partial charge in [-0.2, -0.15) is 0 Å². The molecular formula is C13H17ClO. The van der Waals surface area contributed by atoms with Crippen LogP contribution in [0.5, 0.6) is 0 Å². The van der Waals surface area contributed by atoms with Crippen molar-refractivity contribution in [1.29, 1.82) is 0 Å². The lowest BCUT2D eigenvalue weighted by atomic mass is 9.95. The molecule has 0 amide bonds. The average molecular weight is 225 g/mol. The van der Waals surface area contributed by atoms with E-state index in [9.17, 15) is 0 Å². The van der Waals surface area contributed by atoms with E-state index in [1.54, 1.807) is 0 Å². The minimum absolute atomic E-state index is 0.460. The normalized spacial score (nSPS) is 26.3. The molecule has 1 fully saturated rings. The van der Waals surface area contributed by atoms with E-state index in [0.29, 0.717) is 18.1 Å². The highest BCUT2D eigenvalue weighted by Crippen LogP contribution is 2.36. The van der Waals surface area contributed by atoms with Gasteiger partial charge in [-0.05, 0) is 30.4 Å². The molecule has 0 aromatic heterocycles. The van der Waals surface area contributed by atoms with E-state index in [2.05, 4.69) is 19.9 Å². The van der Waals surface area contributed by atoms with Gasteiger partial charge < -0.3 is 4.74 Å². The second kappa shape index (κ2) is 4.54. The molecule has 1 aromatic rings. The Morgan fingerprint density at radius 3 is 2.67 bits per heavy atom. The van der Waals surface area contributed by atoms with Gasteiger partial charge in [0.1, 0.15) is 0 Å². The van der Waals surface area contributed by atoms with Crippen molar-refractivity contribution < 1.29 is 4.74 Å². The van der Waals surface area contributed by atoms with Gasteiger partial charge in [-0.3, -0.25) is 0 Å². The summed E-state index contributed by atoms with van der Waals surface area (Å²) in [6, 6.07) is 8.08. The molecule has 1 aliphatic heterocycles. The highest BCUT2D eigenvalue weighted by molar-refractivity contribution is 6.31. The van der Waals surface area contributed by atoms with E-state index in [1.165, 1.54) is 5.56 Å². The third kappa shape index (κ3) is 2.53. The van der Waals surface area contributed by atoms with E-state index in [4.69, 9.17) is 16.3 Å². The van der Waals surface area contributed by atoms with Crippen LogP contribution in [0.3, 0.4) is 0 Å². The molecule has 2 heteroatoms. The number of epoxide rings is 1. The average Bonchev–Trinajstić information content (AvgIpc) is 2.97. The Morgan fingerprint density at radius 2 is 2.07 bits per heavy atom. The SMILES string of the molecule is CCC1OC1CC(C)c1ccccc1Cl. The van der Waals surface area contributed by atoms with E-state index in [-0.39, 0.29) is 0 Å². The first kappa shape index (κ1) is 11.0. The van der Waals surface area contributed by atoms with Crippen LogP contribution < -0.4 is 0 Å². The van der Waals surface area contributed by atoms with Crippen LogP contribution >= 0.6 is 11.6 Å². The van der Waals surface area contributed by atoms with Gasteiger partial charge in [0.25, 0.3) is 0 Å². The fourth-order valence-electron chi connectivity index (χ4n) is 2.10. The Balaban J connectivity index is 1.97. The summed E-state index contributed by atoms with van der Waals surface area (Å²) in [7, 11) is 0. The highest BCUT2D eigenvalue weighted by Gasteiger charge is 2.37. The summed E-state index contributed by atoms with van der Waals surface area (Å²) < 4.78 is 5.56. The molecular weight excluding hydrogens is 208 g/mol. The summed E-state index contributed by atoms with van der Waals surface area (Å²) in [4.78, 5) is 0. The summed E-state index contributed by atoms with van der Waals surface area (Å²) in [6.07, 6.45) is 3.17. The number of benzene rings is 1. The molecule has 0 radical (unpaired) electrons. The van der Waals surface area contributed by atoms with Crippen LogP contribution in [0.4, 0.5) is 0 Å². The summed E-state index contributed by atoms with van der Waals surface area (Å²) >= 11 is 6.15. The number of hydrogen-bond acceptors (Lipinski definition) is 1. The van der Waals surface area contributed by atoms with Crippen LogP contribution in [0.15, 0.2) is 24.3 Å². The zero-order valence-electron chi connectivity index (χ0n) is 9.24. The first-order valence-corrected chi connectivity index (χ1v) is 6.00. The Labute approximate surface area is 96.4 Å². The van der Waals surface area contributed by atoms with Crippen LogP contribution in [-0.4, -0.2) is 12.2 Å². The van der Waals surface area contributed by atoms with Gasteiger partial charge in [0, 0.05) is 5.02 Å². The van der Waals surface area contributed by atoms with Gasteiger partial charge >= 0.3 is 0 Å². The van der Waals surface area contributed by atoms with Crippen LogP contribution in [0.1, 0.15) is 38.2 Å². The quantitative estimate of drug-likeness (QED) is 0.704. The van der Waals surface area contributed by atoms with Crippen LogP contribution in [0.2, 0.25) is 5.02 Å². The molecule has 2 rings (SSSR count). The Hall–Kier alpha value is -0.530. The summed E-state index contributed by atoms with van der Waals surface area (Å²) in [5, 5.41) is 0.874. The molecule has 1 aliphatic rings. The third-order valence-corrected chi connectivity index (χ3v) is 3.46. The predicted octanol–water partition coefficient (Wildman–Crippen LogP) is 4.01. The van der Waals surface area contributed by atoms with Gasteiger partial charge in [0.2, 0.25) is 0 Å². The minimum atomic E-state index is 0.460. The zero-order chi connectivity index (χ0) is 10.8. The molecule has 1 saturated heterocycles. The lowest BCUT2D eigenvalue weighted by Gasteiger charge is -2.11. The Bertz CT molecular complexity index is 337. The first-order valence-electron chi connectivity index (χ1n) is 5.62. The number of halogens is 1. The zero-order valence-corrected chi connectivity index (χ0v) is 10.00. The Morgan fingerprint density at radius 1 is 1.33 bits per heavy atom. The molecule has 15 heavy (non-hydrogen) atoms. The lowest BCUT2D eigenvalue weighted by Crippen LogP contribution is -2.01. The topological polar surface area (TPSA) is 12.5 Å². The maximum Gasteiger partial charge on any atom is 0.0847 e. The summed E-state index contributed by atoms with van der Waals surface area (Å²) in [5.41, 5.74) is 1.24. The van der Waals surface area contributed by atoms with Crippen molar-refractivity contribution in [2.45, 2.75) is 44.8 Å². The molecule has 0 aliphatic carbocycles. The van der Waals surface area contributed by atoms with Crippen molar-refractivity contribution in [1.82, 2.24) is 0 Å². The van der Waals surface area contributed by atoms with E-state index in [0.717, 1.165) is 17.9 Å². The van der Waals surface area contributed by atoms with Crippen LogP contribution in [0, 0.1) is 0 Å². The molecule has 0 spiro atoms. The van der Waals surface area contributed by atoms with Crippen molar-refractivity contribution in [2.75, 3.05) is 0 Å². The number of hydrogen-bond donors (Lipinski definition) is 0. The van der Waals surface area contributed by atoms with Crippen LogP contribution in [0.25, 0.3) is 0 Å². The predicted molar refractivity (Wildman–Crippen MR) is 63.4 cm³/mol. The van der Waals surface area contributed by atoms with Crippen molar-refractivity contribution >= 4 is 11.6 Å². The third-order valence-electron chi connectivity index (χ3n) is 3.11. The largest absolute Gasteiger partial charge is 0.370 e. The van der Waals surface area contributed by atoms with Crippen molar-refractivity contribution in [3.05, 3.63) is 34.9 Å². The summed E-state index contributed by atoms with van der Waals surface area (Å²) in [5.74, 6) is 0.486. The molecule has 1 aromatic carbocycles. The van der Waals surface area contributed by atoms with Gasteiger partial charge in [-0.15, -0.1) is 0 Å². The van der Waals surface area contributed by atoms with Gasteiger partial charge in [0.15, 0.2) is 0 Å². The maximum absolute atomic E-state index is 6.15. The molecule has 0 N–H and O–H groups in total. The molecule has 82 valence electrons.